The first-order valence-electron chi connectivity index (χ1n) is 14.0. The van der Waals surface area contributed by atoms with Crippen molar-refractivity contribution >= 4 is 46.4 Å². The van der Waals surface area contributed by atoms with Crippen LogP contribution in [0.1, 0.15) is 58.3 Å². The summed E-state index contributed by atoms with van der Waals surface area (Å²) >= 11 is 6.74. The molecule has 0 unspecified atom stereocenters. The van der Waals surface area contributed by atoms with Crippen molar-refractivity contribution in [2.45, 2.75) is 55.5 Å². The van der Waals surface area contributed by atoms with E-state index in [1.165, 1.54) is 6.92 Å². The quantitative estimate of drug-likeness (QED) is 0.150. The van der Waals surface area contributed by atoms with Crippen molar-refractivity contribution in [3.05, 3.63) is 56.1 Å². The maximum Gasteiger partial charge on any atom is 0.358 e. The second-order valence-corrected chi connectivity index (χ2v) is 12.7. The summed E-state index contributed by atoms with van der Waals surface area (Å²) in [4.78, 5) is 55.5. The third-order valence-electron chi connectivity index (χ3n) is 10.3. The number of ketones is 3. The van der Waals surface area contributed by atoms with Crippen LogP contribution in [0.3, 0.4) is 0 Å². The van der Waals surface area contributed by atoms with Crippen LogP contribution < -0.4 is 4.74 Å². The molecule has 0 radical (unpaired) electrons. The van der Waals surface area contributed by atoms with Gasteiger partial charge in [-0.15, -0.1) is 0 Å². The first-order valence-corrected chi connectivity index (χ1v) is 14.3. The Bertz CT molecular complexity index is 1980. The van der Waals surface area contributed by atoms with E-state index in [1.54, 1.807) is 0 Å². The van der Waals surface area contributed by atoms with E-state index in [2.05, 4.69) is 0 Å². The number of esters is 1. The van der Waals surface area contributed by atoms with E-state index < -0.39 is 132 Å². The molecule has 2 aromatic carbocycles. The summed E-state index contributed by atoms with van der Waals surface area (Å²) in [6.07, 6.45) is -3.82. The Balaban J connectivity index is 1.49. The molecule has 6 N–H and O–H groups in total. The molecule has 1 spiro atoms. The van der Waals surface area contributed by atoms with Crippen LogP contribution in [0.5, 0.6) is 23.0 Å². The fourth-order valence-electron chi connectivity index (χ4n) is 8.37. The van der Waals surface area contributed by atoms with Gasteiger partial charge in [-0.2, -0.15) is 0 Å². The Morgan fingerprint density at radius 2 is 1.64 bits per heavy atom. The zero-order valence-corrected chi connectivity index (χ0v) is 24.2. The molecular formula is C31H23ClO13. The number of aliphatic hydroxyl groups is 3. The number of aromatic hydroxyl groups is 3. The molecule has 5 aliphatic carbocycles. The molecule has 2 aliphatic heterocycles. The fourth-order valence-corrected chi connectivity index (χ4v) is 8.63. The van der Waals surface area contributed by atoms with E-state index in [9.17, 15) is 49.8 Å². The lowest BCUT2D eigenvalue weighted by atomic mass is 9.56. The summed E-state index contributed by atoms with van der Waals surface area (Å²) < 4.78 is 17.2. The number of fused-ring (bicyclic) bond motifs is 3. The average Bonchev–Trinajstić information content (AvgIpc) is 3.73. The monoisotopic (exact) mass is 638 g/mol. The van der Waals surface area contributed by atoms with Crippen LogP contribution in [-0.4, -0.2) is 84.5 Å². The number of phenolic OH excluding ortho intramolecular Hbond substituents is 3. The number of ether oxygens (including phenoxy) is 3. The number of halogens is 1. The van der Waals surface area contributed by atoms with E-state index in [-0.39, 0.29) is 24.0 Å². The van der Waals surface area contributed by atoms with E-state index in [4.69, 9.17) is 25.8 Å². The third-order valence-corrected chi connectivity index (χ3v) is 10.7. The van der Waals surface area contributed by atoms with Gasteiger partial charge in [-0.05, 0) is 37.5 Å². The molecule has 2 heterocycles. The van der Waals surface area contributed by atoms with Crippen molar-refractivity contribution in [2.24, 2.45) is 5.41 Å². The van der Waals surface area contributed by atoms with Crippen molar-refractivity contribution in [3.8, 4) is 23.0 Å². The van der Waals surface area contributed by atoms with Gasteiger partial charge in [0.05, 0.1) is 45.7 Å². The first-order chi connectivity index (χ1) is 21.2. The molecule has 0 aromatic heterocycles. The molecule has 2 saturated carbocycles. The maximum atomic E-state index is 14.6. The van der Waals surface area contributed by atoms with Crippen molar-refractivity contribution < 1.29 is 64.0 Å². The number of carbonyl (C=O) groups excluding carboxylic acids is 4. The van der Waals surface area contributed by atoms with E-state index in [0.29, 0.717) is 0 Å². The second-order valence-electron chi connectivity index (χ2n) is 12.3. The predicted octanol–water partition coefficient (Wildman–Crippen LogP) is 2.29. The molecule has 13 nitrogen and oxygen atoms in total. The van der Waals surface area contributed by atoms with Crippen LogP contribution in [-0.2, 0) is 30.3 Å². The lowest BCUT2D eigenvalue weighted by Crippen LogP contribution is -2.61. The van der Waals surface area contributed by atoms with Gasteiger partial charge >= 0.3 is 5.97 Å². The van der Waals surface area contributed by atoms with Gasteiger partial charge in [0.2, 0.25) is 0 Å². The lowest BCUT2D eigenvalue weighted by molar-refractivity contribution is -0.169. The van der Waals surface area contributed by atoms with Crippen molar-refractivity contribution in [2.75, 3.05) is 7.11 Å². The second kappa shape index (κ2) is 8.16. The van der Waals surface area contributed by atoms with Gasteiger partial charge < -0.3 is 44.8 Å². The average molecular weight is 639 g/mol. The van der Waals surface area contributed by atoms with Crippen molar-refractivity contribution in [1.29, 1.82) is 0 Å². The van der Waals surface area contributed by atoms with Gasteiger partial charge in [-0.25, -0.2) is 4.79 Å². The fraction of sp³-hybridized carbons (Fsp3) is 0.355. The Morgan fingerprint density at radius 1 is 1.00 bits per heavy atom. The summed E-state index contributed by atoms with van der Waals surface area (Å²) in [5, 5.41) is 66.5. The van der Waals surface area contributed by atoms with Gasteiger partial charge in [0.25, 0.3) is 5.60 Å². The summed E-state index contributed by atoms with van der Waals surface area (Å²) in [6.45, 7) is 1.53. The van der Waals surface area contributed by atoms with Gasteiger partial charge in [0.1, 0.15) is 57.9 Å². The Labute approximate surface area is 257 Å². The molecule has 9 rings (SSSR count). The Morgan fingerprint density at radius 3 is 2.31 bits per heavy atom. The van der Waals surface area contributed by atoms with Crippen LogP contribution in [0.4, 0.5) is 0 Å². The number of Topliss-reactive ketones (excluding diaryl/α,β-unsaturated/α-hetero) is 3. The number of methoxy groups -OCH3 is 1. The predicted molar refractivity (Wildman–Crippen MR) is 149 cm³/mol. The standard InChI is InChI=1S/C31H23ClO13/c1-29-18-13-8(7-30(27(29)45-29)19(24(18)40)21(37)14-9(33)3-4-10(34)15(14)26(30)41)20(32)23(39)16-22(38)17-11(35)5-6-12(36)31(17,28(42)43-2)44-25(13)16/h3-4,12,18,27,33-34,36-39H,5-7H2,1-2H3/t12-,18+,27+,29+,30+,31+/m0/s1. The highest BCUT2D eigenvalue weighted by atomic mass is 35.5. The number of aliphatic hydroxyl groups excluding tert-OH is 3. The summed E-state index contributed by atoms with van der Waals surface area (Å²) in [6, 6.07) is 2.11. The largest absolute Gasteiger partial charge is 0.507 e. The minimum atomic E-state index is -2.59. The molecule has 1 saturated heterocycles. The number of phenols is 3. The number of carbonyl (C=O) groups is 4. The zero-order chi connectivity index (χ0) is 32.3. The molecule has 6 atom stereocenters. The molecule has 2 aromatic rings. The minimum absolute atomic E-state index is 0.0320. The molecule has 2 bridgehead atoms. The summed E-state index contributed by atoms with van der Waals surface area (Å²) in [5.74, 6) is -9.26. The SMILES string of the molecule is COC(=O)[C@]12Oc3c(c(O)c(Cl)c4c3[C@@H]3C(=O)C5=C(O)c6c(O)ccc(O)c6C(=O)[C@]5(C4)[C@@H]4O[C@]34C)C(O)=C1C(=O)CC[C@@H]2O. The topological polar surface area (TPSA) is 221 Å². The summed E-state index contributed by atoms with van der Waals surface area (Å²) in [5.41, 5.74) is -8.71. The van der Waals surface area contributed by atoms with Crippen LogP contribution in [0.25, 0.3) is 11.5 Å². The minimum Gasteiger partial charge on any atom is -0.507 e. The van der Waals surface area contributed by atoms with Crippen LogP contribution in [0.2, 0.25) is 5.02 Å². The van der Waals surface area contributed by atoms with Crippen LogP contribution >= 0.6 is 11.6 Å². The number of rotatable bonds is 1. The first kappa shape index (κ1) is 27.9. The van der Waals surface area contributed by atoms with Gasteiger partial charge in [-0.1, -0.05) is 11.6 Å². The van der Waals surface area contributed by atoms with Crippen molar-refractivity contribution in [1.82, 2.24) is 0 Å². The molecule has 7 aliphatic rings. The number of benzene rings is 2. The van der Waals surface area contributed by atoms with Crippen LogP contribution in [0, 0.1) is 5.41 Å². The highest BCUT2D eigenvalue weighted by Crippen LogP contribution is 2.72. The van der Waals surface area contributed by atoms with Crippen molar-refractivity contribution in [3.63, 3.8) is 0 Å². The molecule has 232 valence electrons. The Kier molecular flexibility index (Phi) is 5.06. The number of hydrogen-bond acceptors (Lipinski definition) is 13. The lowest BCUT2D eigenvalue weighted by Gasteiger charge is -2.44. The van der Waals surface area contributed by atoms with Gasteiger partial charge in [0, 0.05) is 12.0 Å². The smallest absolute Gasteiger partial charge is 0.358 e. The maximum absolute atomic E-state index is 14.6. The number of epoxide rings is 1. The van der Waals surface area contributed by atoms with Gasteiger partial charge in [-0.3, -0.25) is 14.4 Å². The molecular weight excluding hydrogens is 616 g/mol. The Hall–Kier alpha value is -4.59. The molecule has 0 amide bonds. The molecule has 14 heteroatoms. The van der Waals surface area contributed by atoms with E-state index >= 15 is 0 Å². The molecule has 45 heavy (non-hydrogen) atoms. The third kappa shape index (κ3) is 2.80. The van der Waals surface area contributed by atoms with Gasteiger partial charge in [0.15, 0.2) is 17.3 Å². The summed E-state index contributed by atoms with van der Waals surface area (Å²) in [7, 11) is 0.984. The normalized spacial score (nSPS) is 33.7. The highest BCUT2D eigenvalue weighted by Gasteiger charge is 2.80. The van der Waals surface area contributed by atoms with Crippen LogP contribution in [0.15, 0.2) is 23.3 Å². The highest BCUT2D eigenvalue weighted by molar-refractivity contribution is 6.34. The molecule has 3 fully saturated rings. The zero-order valence-electron chi connectivity index (χ0n) is 23.4. The van der Waals surface area contributed by atoms with E-state index in [0.717, 1.165) is 19.2 Å². The van der Waals surface area contributed by atoms with E-state index in [1.807, 2.05) is 0 Å². The number of hydrogen-bond donors (Lipinski definition) is 6.